The number of esters is 1. The molecular formula is C20H36N2O4S. The molecule has 0 aromatic rings. The van der Waals surface area contributed by atoms with Crippen molar-refractivity contribution < 1.29 is 17.9 Å². The number of fused-ring (bicyclic) bond motifs is 2. The smallest absolute Gasteiger partial charge is 0.328 e. The largest absolute Gasteiger partial charge is 0.459 e. The second kappa shape index (κ2) is 6.83. The van der Waals surface area contributed by atoms with Crippen molar-refractivity contribution in [1.29, 1.82) is 0 Å². The second-order valence-corrected chi connectivity index (χ2v) is 12.4. The highest BCUT2D eigenvalue weighted by Crippen LogP contribution is 2.64. The minimum atomic E-state index is -3.48. The van der Waals surface area contributed by atoms with Crippen LogP contribution in [0.1, 0.15) is 74.7 Å². The molecule has 0 radical (unpaired) electrons. The molecule has 2 bridgehead atoms. The van der Waals surface area contributed by atoms with Crippen LogP contribution in [0.5, 0.6) is 0 Å². The lowest BCUT2D eigenvalue weighted by atomic mass is 9.70. The maximum atomic E-state index is 12.9. The Bertz CT molecular complexity index is 726. The molecule has 2 fully saturated rings. The summed E-state index contributed by atoms with van der Waals surface area (Å²) in [5, 5.41) is 0. The first-order valence-corrected chi connectivity index (χ1v) is 11.4. The molecule has 2 aliphatic rings. The van der Waals surface area contributed by atoms with Gasteiger partial charge in [-0.2, -0.15) is 0 Å². The van der Waals surface area contributed by atoms with E-state index in [0.29, 0.717) is 5.92 Å². The van der Waals surface area contributed by atoms with E-state index in [1.165, 1.54) is 0 Å². The zero-order chi connectivity index (χ0) is 20.9. The Kier molecular flexibility index (Phi) is 5.65. The van der Waals surface area contributed by atoms with E-state index in [4.69, 9.17) is 4.74 Å². The van der Waals surface area contributed by atoms with Crippen LogP contribution in [0.25, 0.3) is 0 Å². The molecular weight excluding hydrogens is 364 g/mol. The second-order valence-electron chi connectivity index (χ2n) is 10.7. The third-order valence-corrected chi connectivity index (χ3v) is 7.68. The van der Waals surface area contributed by atoms with Gasteiger partial charge in [-0.25, -0.2) is 13.1 Å². The summed E-state index contributed by atoms with van der Waals surface area (Å²) in [6, 6.07) is 0. The van der Waals surface area contributed by atoms with Crippen molar-refractivity contribution in [2.24, 2.45) is 21.7 Å². The monoisotopic (exact) mass is 400 g/mol. The summed E-state index contributed by atoms with van der Waals surface area (Å²) >= 11 is 0. The summed E-state index contributed by atoms with van der Waals surface area (Å²) in [6.45, 7) is 15.2. The van der Waals surface area contributed by atoms with Crippen LogP contribution in [-0.4, -0.2) is 43.5 Å². The quantitative estimate of drug-likeness (QED) is 0.718. The Hall–Kier alpha value is -0.950. The van der Waals surface area contributed by atoms with Gasteiger partial charge in [-0.05, 0) is 72.1 Å². The van der Waals surface area contributed by atoms with Gasteiger partial charge in [0.05, 0.1) is 5.75 Å². The van der Waals surface area contributed by atoms with Gasteiger partial charge >= 0.3 is 5.97 Å². The Morgan fingerprint density at radius 1 is 1.22 bits per heavy atom. The lowest BCUT2D eigenvalue weighted by Gasteiger charge is -2.39. The standard InChI is InChI=1S/C20H36N2O4S/c1-17(2,3)22-27(24,25)13-20-10-9-14(19(20,7)8)11-15(20)21-12-16(23)26-18(4,5)6/h14,22H,9-13H2,1-8H3/t14-,20-/m1/s1. The Morgan fingerprint density at radius 2 is 1.81 bits per heavy atom. The van der Waals surface area contributed by atoms with E-state index in [-0.39, 0.29) is 23.7 Å². The number of sulfonamides is 1. The number of ether oxygens (including phenoxy) is 1. The fourth-order valence-corrected chi connectivity index (χ4v) is 7.05. The van der Waals surface area contributed by atoms with Crippen LogP contribution >= 0.6 is 0 Å². The molecule has 0 amide bonds. The number of carbonyl (C=O) groups excluding carboxylic acids is 1. The molecule has 156 valence electrons. The first-order chi connectivity index (χ1) is 12.0. The van der Waals surface area contributed by atoms with Gasteiger partial charge in [-0.1, -0.05) is 13.8 Å². The van der Waals surface area contributed by atoms with E-state index in [1.807, 2.05) is 41.5 Å². The molecule has 2 aliphatic carbocycles. The maximum absolute atomic E-state index is 12.9. The van der Waals surface area contributed by atoms with Crippen LogP contribution in [0, 0.1) is 16.7 Å². The van der Waals surface area contributed by atoms with E-state index >= 15 is 0 Å². The zero-order valence-corrected chi connectivity index (χ0v) is 18.9. The molecule has 0 aromatic carbocycles. The van der Waals surface area contributed by atoms with Gasteiger partial charge in [0.1, 0.15) is 12.1 Å². The molecule has 2 saturated carbocycles. The summed E-state index contributed by atoms with van der Waals surface area (Å²) in [4.78, 5) is 16.7. The topological polar surface area (TPSA) is 84.8 Å². The summed E-state index contributed by atoms with van der Waals surface area (Å²) in [6.07, 6.45) is 2.56. The van der Waals surface area contributed by atoms with E-state index < -0.39 is 26.6 Å². The SMILES string of the molecule is CC(C)(C)NS(=O)(=O)C[C@]12CC[C@H](CC1=NCC(=O)OC(C)(C)C)C2(C)C. The Labute approximate surface area is 164 Å². The normalized spacial score (nSPS) is 29.3. The first kappa shape index (κ1) is 22.3. The molecule has 2 rings (SSSR count). The van der Waals surface area contributed by atoms with Crippen LogP contribution in [0.3, 0.4) is 0 Å². The van der Waals surface area contributed by atoms with Crippen molar-refractivity contribution in [3.63, 3.8) is 0 Å². The van der Waals surface area contributed by atoms with Crippen molar-refractivity contribution in [3.8, 4) is 0 Å². The number of rotatable bonds is 5. The number of aliphatic imine (C=N–C) groups is 1. The molecule has 7 heteroatoms. The predicted octanol–water partition coefficient (Wildman–Crippen LogP) is 3.31. The average Bonchev–Trinajstić information content (AvgIpc) is 2.73. The lowest BCUT2D eigenvalue weighted by molar-refractivity contribution is -0.152. The van der Waals surface area contributed by atoms with Gasteiger partial charge in [-0.3, -0.25) is 9.79 Å². The molecule has 0 saturated heterocycles. The zero-order valence-electron chi connectivity index (χ0n) is 18.1. The van der Waals surface area contributed by atoms with Crippen LogP contribution < -0.4 is 4.72 Å². The third kappa shape index (κ3) is 4.91. The summed E-state index contributed by atoms with van der Waals surface area (Å²) in [5.41, 5.74) is -0.885. The molecule has 0 aromatic heterocycles. The molecule has 0 heterocycles. The molecule has 0 spiro atoms. The lowest BCUT2D eigenvalue weighted by Crippen LogP contribution is -2.49. The molecule has 0 unspecified atom stereocenters. The summed E-state index contributed by atoms with van der Waals surface area (Å²) < 4.78 is 33.9. The van der Waals surface area contributed by atoms with Gasteiger partial charge in [-0.15, -0.1) is 0 Å². The number of hydrogen-bond donors (Lipinski definition) is 1. The van der Waals surface area contributed by atoms with Crippen molar-refractivity contribution in [2.45, 2.75) is 85.8 Å². The summed E-state index contributed by atoms with van der Waals surface area (Å²) in [5.74, 6) is 0.0506. The van der Waals surface area contributed by atoms with Crippen molar-refractivity contribution >= 4 is 21.7 Å². The first-order valence-electron chi connectivity index (χ1n) is 9.75. The van der Waals surface area contributed by atoms with E-state index in [2.05, 4.69) is 23.6 Å². The van der Waals surface area contributed by atoms with E-state index in [0.717, 1.165) is 25.0 Å². The highest BCUT2D eigenvalue weighted by Gasteiger charge is 2.63. The van der Waals surface area contributed by atoms with Crippen LogP contribution in [-0.2, 0) is 19.6 Å². The van der Waals surface area contributed by atoms with Crippen molar-refractivity contribution in [2.75, 3.05) is 12.3 Å². The maximum Gasteiger partial charge on any atom is 0.328 e. The van der Waals surface area contributed by atoms with Gasteiger partial charge in [0, 0.05) is 16.7 Å². The highest BCUT2D eigenvalue weighted by atomic mass is 32.2. The highest BCUT2D eigenvalue weighted by molar-refractivity contribution is 7.89. The van der Waals surface area contributed by atoms with E-state index in [1.54, 1.807) is 0 Å². The van der Waals surface area contributed by atoms with E-state index in [9.17, 15) is 13.2 Å². The van der Waals surface area contributed by atoms with Crippen molar-refractivity contribution in [1.82, 2.24) is 4.72 Å². The van der Waals surface area contributed by atoms with Crippen molar-refractivity contribution in [3.05, 3.63) is 0 Å². The Balaban J connectivity index is 2.29. The minimum Gasteiger partial charge on any atom is -0.459 e. The predicted molar refractivity (Wildman–Crippen MR) is 108 cm³/mol. The Morgan fingerprint density at radius 3 is 2.30 bits per heavy atom. The van der Waals surface area contributed by atoms with Gasteiger partial charge in [0.2, 0.25) is 10.0 Å². The fraction of sp³-hybridized carbons (Fsp3) is 0.900. The summed E-state index contributed by atoms with van der Waals surface area (Å²) in [7, 11) is -3.48. The van der Waals surface area contributed by atoms with Gasteiger partial charge in [0.25, 0.3) is 0 Å². The van der Waals surface area contributed by atoms with Crippen LogP contribution in [0.4, 0.5) is 0 Å². The van der Waals surface area contributed by atoms with Gasteiger partial charge < -0.3 is 4.74 Å². The van der Waals surface area contributed by atoms with Crippen LogP contribution in [0.2, 0.25) is 0 Å². The van der Waals surface area contributed by atoms with Crippen LogP contribution in [0.15, 0.2) is 4.99 Å². The van der Waals surface area contributed by atoms with Gasteiger partial charge in [0.15, 0.2) is 0 Å². The molecule has 1 N–H and O–H groups in total. The average molecular weight is 401 g/mol. The molecule has 2 atom stereocenters. The number of hydrogen-bond acceptors (Lipinski definition) is 5. The molecule has 0 aliphatic heterocycles. The molecule has 27 heavy (non-hydrogen) atoms. The number of nitrogens with one attached hydrogen (secondary N) is 1. The number of nitrogens with zero attached hydrogens (tertiary/aromatic N) is 1. The molecule has 6 nitrogen and oxygen atoms in total. The number of carbonyl (C=O) groups is 1. The fourth-order valence-electron chi connectivity index (χ4n) is 4.71. The third-order valence-electron chi connectivity index (χ3n) is 5.88. The minimum absolute atomic E-state index is 0.0217.